The van der Waals surface area contributed by atoms with E-state index >= 15 is 0 Å². The minimum absolute atomic E-state index is 0.185. The Morgan fingerprint density at radius 1 is 1.36 bits per heavy atom. The molecule has 0 saturated heterocycles. The van der Waals surface area contributed by atoms with Gasteiger partial charge in [0.05, 0.1) is 7.11 Å². The number of rotatable bonds is 1. The topological polar surface area (TPSA) is 42.1 Å². The van der Waals surface area contributed by atoms with Gasteiger partial charge >= 0.3 is 0 Å². The lowest BCUT2D eigenvalue weighted by molar-refractivity contribution is 0.415. The van der Waals surface area contributed by atoms with Crippen molar-refractivity contribution >= 4 is 22.4 Å². The molecule has 14 heavy (non-hydrogen) atoms. The number of H-pyrrole nitrogens is 1. The third-order valence-electron chi connectivity index (χ3n) is 2.02. The van der Waals surface area contributed by atoms with Crippen molar-refractivity contribution in [3.63, 3.8) is 0 Å². The third-order valence-corrected chi connectivity index (χ3v) is 2.22. The molecule has 0 saturated carbocycles. The molecule has 1 aromatic carbocycles. The van der Waals surface area contributed by atoms with Crippen LogP contribution >= 0.6 is 11.6 Å². The highest BCUT2D eigenvalue weighted by Gasteiger charge is 2.01. The van der Waals surface area contributed by atoms with Crippen LogP contribution in [0.25, 0.3) is 10.8 Å². The van der Waals surface area contributed by atoms with Crippen molar-refractivity contribution in [1.29, 1.82) is 0 Å². The molecular weight excluding hydrogens is 202 g/mol. The van der Waals surface area contributed by atoms with Crippen LogP contribution in [0, 0.1) is 0 Å². The summed E-state index contributed by atoms with van der Waals surface area (Å²) >= 11 is 5.72. The molecular formula is C10H8ClNO2. The number of ether oxygens (including phenoxy) is 1. The highest BCUT2D eigenvalue weighted by Crippen LogP contribution is 2.19. The number of methoxy groups -OCH3 is 1. The lowest BCUT2D eigenvalue weighted by Gasteiger charge is -2.01. The SMILES string of the molecule is COc1ccc2c(=O)[nH]c(Cl)cc2c1. The number of aromatic amines is 1. The molecule has 0 aliphatic rings. The molecule has 2 rings (SSSR count). The molecule has 1 N–H and O–H groups in total. The third kappa shape index (κ3) is 1.46. The second-order valence-electron chi connectivity index (χ2n) is 2.90. The number of pyridine rings is 1. The van der Waals surface area contributed by atoms with E-state index in [1.54, 1.807) is 31.4 Å². The molecule has 1 heterocycles. The molecule has 0 aliphatic heterocycles. The molecule has 2 aromatic rings. The first-order valence-electron chi connectivity index (χ1n) is 4.07. The van der Waals surface area contributed by atoms with Gasteiger partial charge < -0.3 is 9.72 Å². The average molecular weight is 210 g/mol. The molecule has 0 fully saturated rings. The summed E-state index contributed by atoms with van der Waals surface area (Å²) in [6.45, 7) is 0. The fourth-order valence-electron chi connectivity index (χ4n) is 1.34. The van der Waals surface area contributed by atoms with Gasteiger partial charge in [-0.05, 0) is 29.7 Å². The van der Waals surface area contributed by atoms with Crippen molar-refractivity contribution in [2.24, 2.45) is 0 Å². The fraction of sp³-hybridized carbons (Fsp3) is 0.100. The van der Waals surface area contributed by atoms with Gasteiger partial charge in [-0.15, -0.1) is 0 Å². The van der Waals surface area contributed by atoms with Crippen molar-refractivity contribution in [1.82, 2.24) is 4.98 Å². The lowest BCUT2D eigenvalue weighted by Crippen LogP contribution is -2.05. The van der Waals surface area contributed by atoms with Crippen LogP contribution < -0.4 is 10.3 Å². The van der Waals surface area contributed by atoms with E-state index in [0.717, 1.165) is 5.39 Å². The van der Waals surface area contributed by atoms with E-state index in [1.807, 2.05) is 0 Å². The van der Waals surface area contributed by atoms with Gasteiger partial charge in [-0.2, -0.15) is 0 Å². The van der Waals surface area contributed by atoms with Gasteiger partial charge in [0.2, 0.25) is 0 Å². The first-order valence-corrected chi connectivity index (χ1v) is 4.45. The highest BCUT2D eigenvalue weighted by molar-refractivity contribution is 6.30. The second kappa shape index (κ2) is 3.35. The van der Waals surface area contributed by atoms with E-state index in [-0.39, 0.29) is 5.56 Å². The second-order valence-corrected chi connectivity index (χ2v) is 3.31. The number of hydrogen-bond donors (Lipinski definition) is 1. The van der Waals surface area contributed by atoms with Gasteiger partial charge in [-0.25, -0.2) is 0 Å². The lowest BCUT2D eigenvalue weighted by atomic mass is 10.2. The first kappa shape index (κ1) is 9.09. The van der Waals surface area contributed by atoms with E-state index in [0.29, 0.717) is 16.3 Å². The van der Waals surface area contributed by atoms with Gasteiger partial charge in [-0.1, -0.05) is 11.6 Å². The molecule has 4 heteroatoms. The number of nitrogens with one attached hydrogen (secondary N) is 1. The van der Waals surface area contributed by atoms with Gasteiger partial charge in [0, 0.05) is 5.39 Å². The number of aromatic nitrogens is 1. The number of halogens is 1. The Bertz CT molecular complexity index is 533. The quantitative estimate of drug-likeness (QED) is 0.732. The number of benzene rings is 1. The Kier molecular flexibility index (Phi) is 2.17. The van der Waals surface area contributed by atoms with Crippen LogP contribution in [0.15, 0.2) is 29.1 Å². The van der Waals surface area contributed by atoms with E-state index in [4.69, 9.17) is 16.3 Å². The van der Waals surface area contributed by atoms with E-state index in [1.165, 1.54) is 0 Å². The molecule has 0 spiro atoms. The Morgan fingerprint density at radius 3 is 2.86 bits per heavy atom. The maximum absolute atomic E-state index is 11.4. The van der Waals surface area contributed by atoms with Crippen LogP contribution in [-0.4, -0.2) is 12.1 Å². The minimum Gasteiger partial charge on any atom is -0.497 e. The minimum atomic E-state index is -0.185. The van der Waals surface area contributed by atoms with Crippen molar-refractivity contribution in [2.45, 2.75) is 0 Å². The van der Waals surface area contributed by atoms with Crippen molar-refractivity contribution < 1.29 is 4.74 Å². The van der Waals surface area contributed by atoms with E-state index in [2.05, 4.69) is 4.98 Å². The normalized spacial score (nSPS) is 10.4. The molecule has 3 nitrogen and oxygen atoms in total. The monoisotopic (exact) mass is 209 g/mol. The summed E-state index contributed by atoms with van der Waals surface area (Å²) in [5.41, 5.74) is -0.185. The Labute approximate surface area is 85.3 Å². The predicted molar refractivity (Wildman–Crippen MR) is 56.1 cm³/mol. The largest absolute Gasteiger partial charge is 0.497 e. The summed E-state index contributed by atoms with van der Waals surface area (Å²) in [4.78, 5) is 13.9. The van der Waals surface area contributed by atoms with E-state index in [9.17, 15) is 4.79 Å². The summed E-state index contributed by atoms with van der Waals surface area (Å²) in [7, 11) is 1.58. The molecule has 0 atom stereocenters. The van der Waals surface area contributed by atoms with Crippen LogP contribution in [0.2, 0.25) is 5.15 Å². The zero-order valence-corrected chi connectivity index (χ0v) is 8.26. The van der Waals surface area contributed by atoms with Gasteiger partial charge in [-0.3, -0.25) is 4.79 Å². The molecule has 0 radical (unpaired) electrons. The first-order chi connectivity index (χ1) is 6.70. The van der Waals surface area contributed by atoms with Crippen LogP contribution in [0.5, 0.6) is 5.75 Å². The number of fused-ring (bicyclic) bond motifs is 1. The molecule has 0 amide bonds. The van der Waals surface area contributed by atoms with Gasteiger partial charge in [0.1, 0.15) is 10.9 Å². The molecule has 0 bridgehead atoms. The Balaban J connectivity index is 2.82. The van der Waals surface area contributed by atoms with Crippen LogP contribution in [0.4, 0.5) is 0 Å². The van der Waals surface area contributed by atoms with Crippen molar-refractivity contribution in [2.75, 3.05) is 7.11 Å². The zero-order valence-electron chi connectivity index (χ0n) is 7.50. The summed E-state index contributed by atoms with van der Waals surface area (Å²) in [5, 5.41) is 1.71. The Hall–Kier alpha value is -1.48. The van der Waals surface area contributed by atoms with Gasteiger partial charge in [0.25, 0.3) is 5.56 Å². The molecule has 0 unspecified atom stereocenters. The average Bonchev–Trinajstić information content (AvgIpc) is 2.16. The zero-order chi connectivity index (χ0) is 10.1. The fourth-order valence-corrected chi connectivity index (χ4v) is 1.55. The molecule has 72 valence electrons. The van der Waals surface area contributed by atoms with E-state index < -0.39 is 0 Å². The van der Waals surface area contributed by atoms with Crippen LogP contribution in [-0.2, 0) is 0 Å². The summed E-state index contributed by atoms with van der Waals surface area (Å²) in [6.07, 6.45) is 0. The predicted octanol–water partition coefficient (Wildman–Crippen LogP) is 2.19. The summed E-state index contributed by atoms with van der Waals surface area (Å²) < 4.78 is 5.05. The highest BCUT2D eigenvalue weighted by atomic mass is 35.5. The maximum Gasteiger partial charge on any atom is 0.256 e. The Morgan fingerprint density at radius 2 is 2.14 bits per heavy atom. The summed E-state index contributed by atoms with van der Waals surface area (Å²) in [5.74, 6) is 0.708. The smallest absolute Gasteiger partial charge is 0.256 e. The van der Waals surface area contributed by atoms with Crippen molar-refractivity contribution in [3.05, 3.63) is 39.8 Å². The van der Waals surface area contributed by atoms with Crippen LogP contribution in [0.3, 0.4) is 0 Å². The van der Waals surface area contributed by atoms with Crippen LogP contribution in [0.1, 0.15) is 0 Å². The maximum atomic E-state index is 11.4. The van der Waals surface area contributed by atoms with Crippen molar-refractivity contribution in [3.8, 4) is 5.75 Å². The number of hydrogen-bond acceptors (Lipinski definition) is 2. The summed E-state index contributed by atoms with van der Waals surface area (Å²) in [6, 6.07) is 6.92. The van der Waals surface area contributed by atoms with Gasteiger partial charge in [0.15, 0.2) is 0 Å². The standard InChI is InChI=1S/C10H8ClNO2/c1-14-7-2-3-8-6(4-7)5-9(11)12-10(8)13/h2-5H,1H3,(H,12,13). The molecule has 0 aliphatic carbocycles. The molecule has 1 aromatic heterocycles.